The summed E-state index contributed by atoms with van der Waals surface area (Å²) < 4.78 is 5.43. The number of carbonyl (C=O) groups is 2. The van der Waals surface area contributed by atoms with E-state index in [9.17, 15) is 9.59 Å². The zero-order valence-corrected chi connectivity index (χ0v) is 10.5. The normalized spacial score (nSPS) is 14.7. The van der Waals surface area contributed by atoms with Gasteiger partial charge in [0.2, 0.25) is 5.91 Å². The lowest BCUT2D eigenvalue weighted by Crippen LogP contribution is -2.35. The number of hydrogen-bond donors (Lipinski definition) is 0. The summed E-state index contributed by atoms with van der Waals surface area (Å²) in [5.41, 5.74) is 0.505. The SMILES string of the molecule is CN1CC(=O)N(CCOc2cccc(C#N)c2)C1=O. The third-order valence-corrected chi connectivity index (χ3v) is 2.78. The molecule has 0 radical (unpaired) electrons. The molecular weight excluding hydrogens is 246 g/mol. The van der Waals surface area contributed by atoms with E-state index in [1.165, 1.54) is 4.90 Å². The fraction of sp³-hybridized carbons (Fsp3) is 0.308. The molecule has 0 unspecified atom stereocenters. The molecule has 0 atom stereocenters. The van der Waals surface area contributed by atoms with E-state index < -0.39 is 0 Å². The molecule has 98 valence electrons. The van der Waals surface area contributed by atoms with Crippen molar-refractivity contribution in [3.63, 3.8) is 0 Å². The first-order valence-corrected chi connectivity index (χ1v) is 5.80. The average molecular weight is 259 g/mol. The molecule has 0 saturated carbocycles. The minimum absolute atomic E-state index is 0.114. The Morgan fingerprint density at radius 3 is 2.84 bits per heavy atom. The molecule has 6 heteroatoms. The molecule has 1 saturated heterocycles. The van der Waals surface area contributed by atoms with Crippen LogP contribution in [0.4, 0.5) is 4.79 Å². The first-order valence-electron chi connectivity index (χ1n) is 5.80. The smallest absolute Gasteiger partial charge is 0.327 e. The quantitative estimate of drug-likeness (QED) is 0.751. The summed E-state index contributed by atoms with van der Waals surface area (Å²) in [6.45, 7) is 0.530. The minimum atomic E-state index is -0.306. The molecule has 1 heterocycles. The molecular formula is C13H13N3O3. The molecule has 1 aromatic carbocycles. The van der Waals surface area contributed by atoms with E-state index >= 15 is 0 Å². The number of nitrogens with zero attached hydrogens (tertiary/aromatic N) is 3. The Labute approximate surface area is 110 Å². The molecule has 1 aliphatic heterocycles. The molecule has 0 bridgehead atoms. The third-order valence-electron chi connectivity index (χ3n) is 2.78. The molecule has 3 amide bonds. The highest BCUT2D eigenvalue weighted by atomic mass is 16.5. The van der Waals surface area contributed by atoms with Crippen LogP contribution in [0.25, 0.3) is 0 Å². The van der Waals surface area contributed by atoms with Crippen molar-refractivity contribution >= 4 is 11.9 Å². The van der Waals surface area contributed by atoms with Gasteiger partial charge in [-0.05, 0) is 18.2 Å². The number of benzene rings is 1. The van der Waals surface area contributed by atoms with Gasteiger partial charge < -0.3 is 9.64 Å². The monoisotopic (exact) mass is 259 g/mol. The van der Waals surface area contributed by atoms with Crippen LogP contribution in [0.3, 0.4) is 0 Å². The van der Waals surface area contributed by atoms with Crippen molar-refractivity contribution < 1.29 is 14.3 Å². The highest BCUT2D eigenvalue weighted by Gasteiger charge is 2.32. The summed E-state index contributed by atoms with van der Waals surface area (Å²) in [7, 11) is 1.58. The van der Waals surface area contributed by atoms with Gasteiger partial charge in [-0.3, -0.25) is 9.69 Å². The first kappa shape index (κ1) is 12.9. The highest BCUT2D eigenvalue weighted by molar-refractivity contribution is 6.01. The van der Waals surface area contributed by atoms with Gasteiger partial charge in [-0.15, -0.1) is 0 Å². The molecule has 0 N–H and O–H groups in total. The highest BCUT2D eigenvalue weighted by Crippen LogP contribution is 2.13. The van der Waals surface area contributed by atoms with Gasteiger partial charge in [0.15, 0.2) is 0 Å². The van der Waals surface area contributed by atoms with Crippen LogP contribution >= 0.6 is 0 Å². The average Bonchev–Trinajstić information content (AvgIpc) is 2.65. The third kappa shape index (κ3) is 2.83. The number of amides is 3. The Bertz CT molecular complexity index is 550. The van der Waals surface area contributed by atoms with Gasteiger partial charge in [-0.2, -0.15) is 5.26 Å². The Morgan fingerprint density at radius 1 is 1.42 bits per heavy atom. The fourth-order valence-electron chi connectivity index (χ4n) is 1.80. The maximum atomic E-state index is 11.6. The zero-order valence-electron chi connectivity index (χ0n) is 10.5. The van der Waals surface area contributed by atoms with Gasteiger partial charge in [0.05, 0.1) is 18.2 Å². The molecule has 19 heavy (non-hydrogen) atoms. The Hall–Kier alpha value is -2.55. The lowest BCUT2D eigenvalue weighted by molar-refractivity contribution is -0.125. The van der Waals surface area contributed by atoms with Crippen LogP contribution in [0.2, 0.25) is 0 Å². The molecule has 2 rings (SSSR count). The molecule has 1 aliphatic rings. The number of likely N-dealkylation sites (N-methyl/N-ethyl adjacent to an activating group) is 1. The van der Waals surface area contributed by atoms with E-state index in [0.717, 1.165) is 4.90 Å². The maximum Gasteiger partial charge on any atom is 0.327 e. The van der Waals surface area contributed by atoms with Crippen molar-refractivity contribution in [2.45, 2.75) is 0 Å². The van der Waals surface area contributed by atoms with Crippen LogP contribution in [0, 0.1) is 11.3 Å². The predicted molar refractivity (Wildman–Crippen MR) is 66.4 cm³/mol. The molecule has 0 aliphatic carbocycles. The maximum absolute atomic E-state index is 11.6. The Kier molecular flexibility index (Phi) is 3.66. The van der Waals surface area contributed by atoms with Crippen LogP contribution in [0.1, 0.15) is 5.56 Å². The van der Waals surface area contributed by atoms with Crippen molar-refractivity contribution in [1.29, 1.82) is 5.26 Å². The summed E-state index contributed by atoms with van der Waals surface area (Å²) in [5.74, 6) is 0.327. The van der Waals surface area contributed by atoms with Gasteiger partial charge in [-0.1, -0.05) is 6.07 Å². The van der Waals surface area contributed by atoms with Gasteiger partial charge in [0, 0.05) is 7.05 Å². The van der Waals surface area contributed by atoms with E-state index in [0.29, 0.717) is 11.3 Å². The minimum Gasteiger partial charge on any atom is -0.492 e. The standard InChI is InChI=1S/C13H13N3O3/c1-15-9-12(17)16(13(15)18)5-6-19-11-4-2-3-10(7-11)8-14/h2-4,7H,5-6,9H2,1H3. The van der Waals surface area contributed by atoms with Crippen LogP contribution in [-0.2, 0) is 4.79 Å². The number of rotatable bonds is 4. The van der Waals surface area contributed by atoms with Crippen molar-refractivity contribution in [1.82, 2.24) is 9.80 Å². The lowest BCUT2D eigenvalue weighted by atomic mass is 10.2. The number of nitriles is 1. The van der Waals surface area contributed by atoms with Crippen LogP contribution in [0.5, 0.6) is 5.75 Å². The van der Waals surface area contributed by atoms with Gasteiger partial charge in [0.1, 0.15) is 18.9 Å². The molecule has 1 fully saturated rings. The first-order chi connectivity index (χ1) is 9.11. The molecule has 0 spiro atoms. The van der Waals surface area contributed by atoms with Gasteiger partial charge in [0.25, 0.3) is 0 Å². The van der Waals surface area contributed by atoms with Gasteiger partial charge >= 0.3 is 6.03 Å². The van der Waals surface area contributed by atoms with Gasteiger partial charge in [-0.25, -0.2) is 4.79 Å². The van der Waals surface area contributed by atoms with Crippen molar-refractivity contribution in [2.75, 3.05) is 26.7 Å². The number of hydrogen-bond acceptors (Lipinski definition) is 4. The summed E-state index contributed by atoms with van der Waals surface area (Å²) in [4.78, 5) is 25.6. The van der Waals surface area contributed by atoms with Crippen LogP contribution in [0.15, 0.2) is 24.3 Å². The Morgan fingerprint density at radius 2 is 2.21 bits per heavy atom. The van der Waals surface area contributed by atoms with E-state index in [4.69, 9.17) is 10.00 Å². The number of ether oxygens (including phenoxy) is 1. The second kappa shape index (κ2) is 5.40. The van der Waals surface area contributed by atoms with Crippen LogP contribution < -0.4 is 4.74 Å². The largest absolute Gasteiger partial charge is 0.492 e. The summed E-state index contributed by atoms with van der Waals surface area (Å²) >= 11 is 0. The van der Waals surface area contributed by atoms with Crippen molar-refractivity contribution in [3.8, 4) is 11.8 Å². The van der Waals surface area contributed by atoms with Crippen molar-refractivity contribution in [3.05, 3.63) is 29.8 Å². The molecule has 0 aromatic heterocycles. The predicted octanol–water partition coefficient (Wildman–Crippen LogP) is 0.831. The molecule has 6 nitrogen and oxygen atoms in total. The second-order valence-corrected chi connectivity index (χ2v) is 4.17. The fourth-order valence-corrected chi connectivity index (χ4v) is 1.80. The summed E-state index contributed by atoms with van der Waals surface area (Å²) in [5, 5.41) is 8.75. The topological polar surface area (TPSA) is 73.6 Å². The number of imide groups is 1. The van der Waals surface area contributed by atoms with Crippen molar-refractivity contribution in [2.24, 2.45) is 0 Å². The van der Waals surface area contributed by atoms with E-state index in [2.05, 4.69) is 0 Å². The lowest BCUT2D eigenvalue weighted by Gasteiger charge is -2.14. The Balaban J connectivity index is 1.88. The number of carbonyl (C=O) groups excluding carboxylic acids is 2. The van der Waals surface area contributed by atoms with E-state index in [1.54, 1.807) is 31.3 Å². The van der Waals surface area contributed by atoms with E-state index in [-0.39, 0.29) is 31.6 Å². The molecule has 1 aromatic rings. The van der Waals surface area contributed by atoms with Crippen LogP contribution in [-0.4, -0.2) is 48.5 Å². The summed E-state index contributed by atoms with van der Waals surface area (Å²) in [6, 6.07) is 8.43. The zero-order chi connectivity index (χ0) is 13.8. The summed E-state index contributed by atoms with van der Waals surface area (Å²) in [6.07, 6.45) is 0. The number of urea groups is 1. The second-order valence-electron chi connectivity index (χ2n) is 4.17. The van der Waals surface area contributed by atoms with E-state index in [1.807, 2.05) is 6.07 Å².